The predicted octanol–water partition coefficient (Wildman–Crippen LogP) is 4.36. The van der Waals surface area contributed by atoms with Crippen molar-refractivity contribution in [2.75, 3.05) is 11.5 Å². The van der Waals surface area contributed by atoms with E-state index >= 15 is 0 Å². The molecular formula is C20H15Cl2N3O6. The summed E-state index contributed by atoms with van der Waals surface area (Å²) < 4.78 is 5.48. The Kier molecular flexibility index (Phi) is 6.57. The molecule has 1 fully saturated rings. The highest BCUT2D eigenvalue weighted by Gasteiger charge is 2.37. The van der Waals surface area contributed by atoms with Crippen molar-refractivity contribution in [1.29, 1.82) is 0 Å². The standard InChI is InChI=1S/C20H15Cl2N3O6/c1-2-6-31-17-15(21)8-11(9-16(17)22)7-14-18(26)23-20(28)24(19(14)27)12-4-3-5-13(10-12)25(29)30/h3-5,7-10H,2,6H2,1H3,(H,23,26,28)/b14-7+. The number of carbonyl (C=O) groups is 3. The van der Waals surface area contributed by atoms with Gasteiger partial charge in [0.2, 0.25) is 0 Å². The maximum absolute atomic E-state index is 12.9. The van der Waals surface area contributed by atoms with Gasteiger partial charge in [-0.05, 0) is 36.3 Å². The van der Waals surface area contributed by atoms with Crippen LogP contribution in [0.15, 0.2) is 42.0 Å². The van der Waals surface area contributed by atoms with Gasteiger partial charge in [0.05, 0.1) is 27.3 Å². The average molecular weight is 464 g/mol. The van der Waals surface area contributed by atoms with Gasteiger partial charge in [-0.25, -0.2) is 9.69 Å². The summed E-state index contributed by atoms with van der Waals surface area (Å²) in [5.41, 5.74) is -0.428. The van der Waals surface area contributed by atoms with Crippen molar-refractivity contribution in [3.63, 3.8) is 0 Å². The van der Waals surface area contributed by atoms with Crippen molar-refractivity contribution in [2.24, 2.45) is 0 Å². The Morgan fingerprint density at radius 2 is 1.84 bits per heavy atom. The molecule has 2 aromatic rings. The first kappa shape index (κ1) is 22.3. The van der Waals surface area contributed by atoms with Crippen LogP contribution in [0.1, 0.15) is 18.9 Å². The third-order valence-electron chi connectivity index (χ3n) is 4.18. The molecule has 1 aliphatic heterocycles. The Morgan fingerprint density at radius 3 is 2.45 bits per heavy atom. The number of nitrogens with one attached hydrogen (secondary N) is 1. The molecule has 1 aliphatic rings. The van der Waals surface area contributed by atoms with Gasteiger partial charge in [-0.3, -0.25) is 25.0 Å². The number of hydrogen-bond acceptors (Lipinski definition) is 6. The molecule has 1 saturated heterocycles. The lowest BCUT2D eigenvalue weighted by molar-refractivity contribution is -0.384. The van der Waals surface area contributed by atoms with E-state index in [4.69, 9.17) is 27.9 Å². The van der Waals surface area contributed by atoms with Crippen molar-refractivity contribution in [3.05, 3.63) is 67.7 Å². The molecular weight excluding hydrogens is 449 g/mol. The van der Waals surface area contributed by atoms with Gasteiger partial charge in [-0.1, -0.05) is 36.2 Å². The van der Waals surface area contributed by atoms with Gasteiger partial charge in [-0.15, -0.1) is 0 Å². The molecule has 9 nitrogen and oxygen atoms in total. The Morgan fingerprint density at radius 1 is 1.16 bits per heavy atom. The number of amides is 4. The van der Waals surface area contributed by atoms with E-state index in [0.717, 1.165) is 12.5 Å². The quantitative estimate of drug-likeness (QED) is 0.294. The zero-order valence-electron chi connectivity index (χ0n) is 16.1. The number of halogens is 2. The zero-order chi connectivity index (χ0) is 22.7. The molecule has 2 aromatic carbocycles. The number of barbiturate groups is 1. The number of non-ortho nitro benzene ring substituents is 1. The summed E-state index contributed by atoms with van der Waals surface area (Å²) in [6, 6.07) is 6.82. The predicted molar refractivity (Wildman–Crippen MR) is 114 cm³/mol. The molecule has 0 aliphatic carbocycles. The third kappa shape index (κ3) is 4.68. The Labute approximate surface area is 186 Å². The van der Waals surface area contributed by atoms with E-state index in [-0.39, 0.29) is 32.7 Å². The van der Waals surface area contributed by atoms with Crippen molar-refractivity contribution in [3.8, 4) is 5.75 Å². The molecule has 1 N–H and O–H groups in total. The monoisotopic (exact) mass is 463 g/mol. The summed E-state index contributed by atoms with van der Waals surface area (Å²) in [5, 5.41) is 13.4. The largest absolute Gasteiger partial charge is 0.490 e. The second kappa shape index (κ2) is 9.15. The van der Waals surface area contributed by atoms with Gasteiger partial charge in [0.25, 0.3) is 17.5 Å². The van der Waals surface area contributed by atoms with Gasteiger partial charge in [-0.2, -0.15) is 0 Å². The first-order valence-electron chi connectivity index (χ1n) is 9.00. The molecule has 0 radical (unpaired) electrons. The fourth-order valence-corrected chi connectivity index (χ4v) is 3.42. The van der Waals surface area contributed by atoms with Gasteiger partial charge in [0.15, 0.2) is 5.75 Å². The number of rotatable bonds is 6. The lowest BCUT2D eigenvalue weighted by atomic mass is 10.1. The van der Waals surface area contributed by atoms with Crippen LogP contribution < -0.4 is 15.0 Å². The van der Waals surface area contributed by atoms with E-state index in [1.807, 2.05) is 12.2 Å². The number of nitro groups is 1. The number of benzene rings is 2. The molecule has 0 saturated carbocycles. The number of nitro benzene ring substituents is 1. The summed E-state index contributed by atoms with van der Waals surface area (Å²) in [6.07, 6.45) is 1.96. The van der Waals surface area contributed by atoms with Gasteiger partial charge in [0.1, 0.15) is 5.57 Å². The number of ether oxygens (including phenoxy) is 1. The van der Waals surface area contributed by atoms with Crippen LogP contribution in [0.3, 0.4) is 0 Å². The molecule has 3 rings (SSSR count). The molecule has 0 aromatic heterocycles. The van der Waals surface area contributed by atoms with E-state index < -0.39 is 22.8 Å². The summed E-state index contributed by atoms with van der Waals surface area (Å²) in [5.74, 6) is -1.59. The summed E-state index contributed by atoms with van der Waals surface area (Å²) in [4.78, 5) is 48.5. The lowest BCUT2D eigenvalue weighted by Gasteiger charge is -2.26. The second-order valence-corrected chi connectivity index (χ2v) is 7.21. The molecule has 160 valence electrons. The topological polar surface area (TPSA) is 119 Å². The first-order valence-corrected chi connectivity index (χ1v) is 9.76. The van der Waals surface area contributed by atoms with Gasteiger partial charge < -0.3 is 4.74 Å². The van der Waals surface area contributed by atoms with Crippen LogP contribution in [0.4, 0.5) is 16.2 Å². The minimum atomic E-state index is -1.02. The van der Waals surface area contributed by atoms with Crippen molar-refractivity contribution in [1.82, 2.24) is 5.32 Å². The van der Waals surface area contributed by atoms with Crippen molar-refractivity contribution in [2.45, 2.75) is 13.3 Å². The van der Waals surface area contributed by atoms with E-state index in [2.05, 4.69) is 0 Å². The van der Waals surface area contributed by atoms with E-state index in [9.17, 15) is 24.5 Å². The minimum absolute atomic E-state index is 0.0607. The van der Waals surface area contributed by atoms with Crippen LogP contribution >= 0.6 is 23.2 Å². The van der Waals surface area contributed by atoms with E-state index in [0.29, 0.717) is 17.1 Å². The molecule has 0 atom stereocenters. The molecule has 1 heterocycles. The summed E-state index contributed by atoms with van der Waals surface area (Å²) >= 11 is 12.4. The molecule has 4 amide bonds. The number of urea groups is 1. The molecule has 0 bridgehead atoms. The zero-order valence-corrected chi connectivity index (χ0v) is 17.6. The highest BCUT2D eigenvalue weighted by molar-refractivity contribution is 6.40. The van der Waals surface area contributed by atoms with Crippen LogP contribution in [0.25, 0.3) is 6.08 Å². The highest BCUT2D eigenvalue weighted by Crippen LogP contribution is 2.35. The first-order chi connectivity index (χ1) is 14.7. The number of carbonyl (C=O) groups excluding carboxylic acids is 3. The fraction of sp³-hybridized carbons (Fsp3) is 0.150. The Hall–Kier alpha value is -3.43. The normalized spacial score (nSPS) is 15.3. The Bertz CT molecular complexity index is 1110. The lowest BCUT2D eigenvalue weighted by Crippen LogP contribution is -2.54. The number of nitrogens with zero attached hydrogens (tertiary/aromatic N) is 2. The number of anilines is 1. The maximum Gasteiger partial charge on any atom is 0.335 e. The third-order valence-corrected chi connectivity index (χ3v) is 4.74. The van der Waals surface area contributed by atoms with Crippen LogP contribution in [-0.2, 0) is 9.59 Å². The summed E-state index contributed by atoms with van der Waals surface area (Å²) in [7, 11) is 0. The van der Waals surface area contributed by atoms with Crippen LogP contribution in [0, 0.1) is 10.1 Å². The maximum atomic E-state index is 12.9. The van der Waals surface area contributed by atoms with Crippen LogP contribution in [0.2, 0.25) is 10.0 Å². The molecule has 31 heavy (non-hydrogen) atoms. The molecule has 11 heteroatoms. The van der Waals surface area contributed by atoms with Crippen LogP contribution in [-0.4, -0.2) is 29.4 Å². The molecule has 0 spiro atoms. The minimum Gasteiger partial charge on any atom is -0.490 e. The fourth-order valence-electron chi connectivity index (χ4n) is 2.81. The average Bonchev–Trinajstić information content (AvgIpc) is 2.70. The number of imide groups is 2. The van der Waals surface area contributed by atoms with E-state index in [1.165, 1.54) is 36.4 Å². The summed E-state index contributed by atoms with van der Waals surface area (Å²) in [6.45, 7) is 2.32. The molecule has 0 unspecified atom stereocenters. The SMILES string of the molecule is CCCOc1c(Cl)cc(/C=C2\C(=O)NC(=O)N(c3cccc([N+](=O)[O-])c3)C2=O)cc1Cl. The van der Waals surface area contributed by atoms with E-state index in [1.54, 1.807) is 0 Å². The second-order valence-electron chi connectivity index (χ2n) is 6.40. The smallest absolute Gasteiger partial charge is 0.335 e. The van der Waals surface area contributed by atoms with Crippen molar-refractivity contribution >= 4 is 58.5 Å². The van der Waals surface area contributed by atoms with Crippen molar-refractivity contribution < 1.29 is 24.0 Å². The Balaban J connectivity index is 2.00. The van der Waals surface area contributed by atoms with Gasteiger partial charge >= 0.3 is 6.03 Å². The van der Waals surface area contributed by atoms with Gasteiger partial charge in [0, 0.05) is 12.1 Å². The number of hydrogen-bond donors (Lipinski definition) is 1. The highest BCUT2D eigenvalue weighted by atomic mass is 35.5. The van der Waals surface area contributed by atoms with Crippen LogP contribution in [0.5, 0.6) is 5.75 Å².